The lowest BCUT2D eigenvalue weighted by molar-refractivity contribution is -0.115. The molecule has 0 aliphatic carbocycles. The first-order chi connectivity index (χ1) is 15.0. The Hall–Kier alpha value is -2.68. The van der Waals surface area contributed by atoms with Crippen LogP contribution in [0.3, 0.4) is 0 Å². The number of hydrogen-bond donors (Lipinski definition) is 0. The number of halogens is 1. The quantitative estimate of drug-likeness (QED) is 0.291. The average molecular weight is 471 g/mol. The van der Waals surface area contributed by atoms with Crippen LogP contribution in [0.5, 0.6) is 0 Å². The number of rotatable bonds is 7. The van der Waals surface area contributed by atoms with Gasteiger partial charge in [0, 0.05) is 28.6 Å². The van der Waals surface area contributed by atoms with E-state index in [9.17, 15) is 4.79 Å². The van der Waals surface area contributed by atoms with Gasteiger partial charge in [0.1, 0.15) is 0 Å². The number of anilines is 2. The van der Waals surface area contributed by atoms with Crippen LogP contribution in [-0.2, 0) is 17.0 Å². The van der Waals surface area contributed by atoms with E-state index in [0.717, 1.165) is 23.4 Å². The molecule has 0 unspecified atom stereocenters. The summed E-state index contributed by atoms with van der Waals surface area (Å²) in [5.74, 6) is 0.915. The molecular weight excluding hydrogens is 452 g/mol. The minimum atomic E-state index is -0.0812. The Morgan fingerprint density at radius 2 is 1.87 bits per heavy atom. The monoisotopic (exact) mass is 470 g/mol. The maximum absolute atomic E-state index is 12.3. The minimum Gasteiger partial charge on any atom is -0.411 e. The Morgan fingerprint density at radius 1 is 1.13 bits per heavy atom. The summed E-state index contributed by atoms with van der Waals surface area (Å²) in [5, 5.41) is 11.9. The number of aromatic nitrogens is 3. The van der Waals surface area contributed by atoms with Crippen LogP contribution in [0.1, 0.15) is 25.1 Å². The molecule has 0 bridgehead atoms. The highest BCUT2D eigenvalue weighted by atomic mass is 35.5. The van der Waals surface area contributed by atoms with Crippen LogP contribution in [0.25, 0.3) is 11.5 Å². The summed E-state index contributed by atoms with van der Waals surface area (Å²) in [6.45, 7) is 3.64. The molecule has 0 spiro atoms. The molecule has 31 heavy (non-hydrogen) atoms. The second-order valence-corrected chi connectivity index (χ2v) is 8.86. The second-order valence-electron chi connectivity index (χ2n) is 6.66. The summed E-state index contributed by atoms with van der Waals surface area (Å²) in [5.41, 5.74) is 3.68. The van der Waals surface area contributed by atoms with Crippen molar-refractivity contribution in [2.75, 3.05) is 4.90 Å². The van der Waals surface area contributed by atoms with Crippen molar-refractivity contribution in [2.24, 2.45) is 0 Å². The molecule has 4 rings (SSSR count). The Labute approximate surface area is 193 Å². The van der Waals surface area contributed by atoms with Crippen molar-refractivity contribution in [3.63, 3.8) is 0 Å². The zero-order valence-electron chi connectivity index (χ0n) is 16.9. The fourth-order valence-corrected chi connectivity index (χ4v) is 4.66. The minimum absolute atomic E-state index is 0.0812. The molecule has 1 amide bonds. The summed E-state index contributed by atoms with van der Waals surface area (Å²) in [6.07, 6.45) is 0.953. The molecule has 9 heteroatoms. The van der Waals surface area contributed by atoms with Crippen molar-refractivity contribution >= 4 is 51.4 Å². The van der Waals surface area contributed by atoms with E-state index in [2.05, 4.69) is 22.1 Å². The van der Waals surface area contributed by atoms with Crippen LogP contribution in [-0.4, -0.2) is 21.1 Å². The largest absolute Gasteiger partial charge is 0.411 e. The first kappa shape index (κ1) is 21.5. The van der Waals surface area contributed by atoms with Crippen molar-refractivity contribution in [1.82, 2.24) is 15.2 Å². The van der Waals surface area contributed by atoms with Gasteiger partial charge in [0.25, 0.3) is 5.22 Å². The van der Waals surface area contributed by atoms with Crippen LogP contribution in [0, 0.1) is 0 Å². The summed E-state index contributed by atoms with van der Waals surface area (Å²) in [4.78, 5) is 18.6. The van der Waals surface area contributed by atoms with E-state index >= 15 is 0 Å². The first-order valence-corrected chi connectivity index (χ1v) is 11.8. The maximum atomic E-state index is 12.3. The van der Waals surface area contributed by atoms with Gasteiger partial charge in [-0.1, -0.05) is 42.4 Å². The van der Waals surface area contributed by atoms with E-state index in [1.807, 2.05) is 41.8 Å². The standard InChI is InChI=1S/C22H19ClN4O2S2/c1-3-15-4-10-19(11-5-15)27(14(2)28)21-24-18(12-30-21)13-31-22-26-25-20(29-22)16-6-8-17(23)9-7-16/h4-12H,3,13H2,1-2H3. The van der Waals surface area contributed by atoms with Gasteiger partial charge in [-0.2, -0.15) is 0 Å². The molecule has 4 aromatic rings. The molecule has 0 aliphatic rings. The third kappa shape index (κ3) is 5.15. The molecule has 2 aromatic heterocycles. The van der Waals surface area contributed by atoms with E-state index in [1.165, 1.54) is 28.7 Å². The molecular formula is C22H19ClN4O2S2. The fraction of sp³-hybridized carbons (Fsp3) is 0.182. The van der Waals surface area contributed by atoms with E-state index in [0.29, 0.717) is 27.0 Å². The van der Waals surface area contributed by atoms with Crippen molar-refractivity contribution < 1.29 is 9.21 Å². The molecule has 158 valence electrons. The fourth-order valence-electron chi connectivity index (χ4n) is 2.89. The first-order valence-electron chi connectivity index (χ1n) is 9.59. The van der Waals surface area contributed by atoms with Crippen LogP contribution in [0.15, 0.2) is 63.6 Å². The Morgan fingerprint density at radius 3 is 2.55 bits per heavy atom. The highest BCUT2D eigenvalue weighted by Gasteiger charge is 2.18. The molecule has 0 N–H and O–H groups in total. The third-order valence-electron chi connectivity index (χ3n) is 4.49. The third-order valence-corrected chi connectivity index (χ3v) is 6.47. The topological polar surface area (TPSA) is 72.1 Å². The predicted octanol–water partition coefficient (Wildman–Crippen LogP) is 6.39. The number of carbonyl (C=O) groups is 1. The summed E-state index contributed by atoms with van der Waals surface area (Å²) in [6, 6.07) is 15.2. The zero-order chi connectivity index (χ0) is 21.8. The number of hydrogen-bond acceptors (Lipinski definition) is 7. The number of aryl methyl sites for hydroxylation is 1. The maximum Gasteiger partial charge on any atom is 0.277 e. The van der Waals surface area contributed by atoms with Crippen LogP contribution < -0.4 is 4.90 Å². The molecule has 0 saturated heterocycles. The van der Waals surface area contributed by atoms with Gasteiger partial charge in [-0.15, -0.1) is 21.5 Å². The predicted molar refractivity (Wildman–Crippen MR) is 125 cm³/mol. The molecule has 0 atom stereocenters. The van der Waals surface area contributed by atoms with Gasteiger partial charge in [0.2, 0.25) is 11.8 Å². The van der Waals surface area contributed by atoms with E-state index in [-0.39, 0.29) is 5.91 Å². The van der Waals surface area contributed by atoms with Crippen molar-refractivity contribution in [3.8, 4) is 11.5 Å². The van der Waals surface area contributed by atoms with Crippen LogP contribution >= 0.6 is 34.7 Å². The van der Waals surface area contributed by atoms with Crippen molar-refractivity contribution in [1.29, 1.82) is 0 Å². The lowest BCUT2D eigenvalue weighted by atomic mass is 10.1. The lowest BCUT2D eigenvalue weighted by Gasteiger charge is -2.18. The average Bonchev–Trinajstić information content (AvgIpc) is 3.43. The summed E-state index contributed by atoms with van der Waals surface area (Å²) >= 11 is 8.75. The van der Waals surface area contributed by atoms with Gasteiger partial charge in [0.15, 0.2) is 5.13 Å². The van der Waals surface area contributed by atoms with Gasteiger partial charge in [-0.3, -0.25) is 9.69 Å². The van der Waals surface area contributed by atoms with Crippen LogP contribution in [0.2, 0.25) is 5.02 Å². The highest BCUT2D eigenvalue weighted by molar-refractivity contribution is 7.98. The Kier molecular flexibility index (Phi) is 6.70. The molecule has 6 nitrogen and oxygen atoms in total. The smallest absolute Gasteiger partial charge is 0.277 e. The molecule has 2 heterocycles. The normalized spacial score (nSPS) is 10.9. The van der Waals surface area contributed by atoms with Gasteiger partial charge >= 0.3 is 0 Å². The Bertz CT molecular complexity index is 1170. The van der Waals surface area contributed by atoms with Gasteiger partial charge < -0.3 is 4.42 Å². The highest BCUT2D eigenvalue weighted by Crippen LogP contribution is 2.32. The van der Waals surface area contributed by atoms with Gasteiger partial charge in [-0.25, -0.2) is 4.98 Å². The molecule has 0 saturated carbocycles. The van der Waals surface area contributed by atoms with E-state index in [4.69, 9.17) is 16.0 Å². The number of carbonyl (C=O) groups excluding carboxylic acids is 1. The second kappa shape index (κ2) is 9.64. The van der Waals surface area contributed by atoms with E-state index < -0.39 is 0 Å². The summed E-state index contributed by atoms with van der Waals surface area (Å²) in [7, 11) is 0. The lowest BCUT2D eigenvalue weighted by Crippen LogP contribution is -2.22. The molecule has 0 radical (unpaired) electrons. The summed E-state index contributed by atoms with van der Waals surface area (Å²) < 4.78 is 5.72. The molecule has 0 fully saturated rings. The van der Waals surface area contributed by atoms with Crippen molar-refractivity contribution in [2.45, 2.75) is 31.2 Å². The molecule has 0 aliphatic heterocycles. The van der Waals surface area contributed by atoms with Gasteiger partial charge in [-0.05, 0) is 48.4 Å². The SMILES string of the molecule is CCc1ccc(N(C(C)=O)c2nc(CSc3nnc(-c4ccc(Cl)cc4)o3)cs2)cc1. The number of benzene rings is 2. The van der Waals surface area contributed by atoms with E-state index in [1.54, 1.807) is 24.0 Å². The van der Waals surface area contributed by atoms with Crippen molar-refractivity contribution in [3.05, 3.63) is 70.2 Å². The zero-order valence-corrected chi connectivity index (χ0v) is 19.3. The number of amides is 1. The number of nitrogens with zero attached hydrogens (tertiary/aromatic N) is 4. The number of thioether (sulfide) groups is 1. The number of thiazole rings is 1. The van der Waals surface area contributed by atoms with Crippen LogP contribution in [0.4, 0.5) is 10.8 Å². The van der Waals surface area contributed by atoms with Gasteiger partial charge in [0.05, 0.1) is 11.4 Å². The molecule has 2 aromatic carbocycles. The Balaban J connectivity index is 1.44.